The van der Waals surface area contributed by atoms with Crippen molar-refractivity contribution in [1.82, 2.24) is 9.21 Å². The molecule has 9 nitrogen and oxygen atoms in total. The molecule has 0 radical (unpaired) electrons. The van der Waals surface area contributed by atoms with Crippen LogP contribution in [0.5, 0.6) is 0 Å². The summed E-state index contributed by atoms with van der Waals surface area (Å²) in [6.07, 6.45) is 0. The van der Waals surface area contributed by atoms with E-state index in [-0.39, 0.29) is 18.0 Å². The van der Waals surface area contributed by atoms with Crippen molar-refractivity contribution < 1.29 is 56.9 Å². The maximum Gasteiger partial charge on any atom is 0.439 e. The van der Waals surface area contributed by atoms with E-state index in [0.717, 1.165) is 7.11 Å². The fraction of sp³-hybridized carbons (Fsp3) is 0.923. The number of carbonyl (C=O) groups excluding carboxylic acids is 1. The minimum Gasteiger partial charge on any atom is -0.468 e. The summed E-state index contributed by atoms with van der Waals surface area (Å²) in [4.78, 5) is 12.7. The Hall–Kier alpha value is -1.17. The molecule has 1 heterocycles. The predicted octanol–water partition coefficient (Wildman–Crippen LogP) is 0.681. The molecule has 1 fully saturated rings. The second-order valence-corrected chi connectivity index (χ2v) is 10.2. The lowest BCUT2D eigenvalue weighted by molar-refractivity contribution is -0.247. The Balaban J connectivity index is 3.32. The fourth-order valence-corrected chi connectivity index (χ4v) is 5.10. The highest BCUT2D eigenvalue weighted by atomic mass is 32.2. The van der Waals surface area contributed by atoms with E-state index < -0.39 is 67.7 Å². The lowest BCUT2D eigenvalue weighted by atomic mass is 10.1. The third-order valence-electron chi connectivity index (χ3n) is 4.54. The van der Waals surface area contributed by atoms with Crippen LogP contribution < -0.4 is 0 Å². The topological polar surface area (TPSA) is 110 Å². The Morgan fingerprint density at radius 3 is 1.73 bits per heavy atom. The smallest absolute Gasteiger partial charge is 0.439 e. The zero-order valence-corrected chi connectivity index (χ0v) is 17.7. The van der Waals surface area contributed by atoms with Crippen LogP contribution in [0.25, 0.3) is 0 Å². The monoisotopic (exact) mass is 494 g/mol. The third-order valence-corrected chi connectivity index (χ3v) is 7.74. The van der Waals surface area contributed by atoms with Crippen molar-refractivity contribution in [3.05, 3.63) is 0 Å². The molecule has 1 aliphatic rings. The summed E-state index contributed by atoms with van der Waals surface area (Å²) in [6.45, 7) is 0.460. The van der Waals surface area contributed by atoms with Crippen LogP contribution in [0, 0.1) is 0 Å². The van der Waals surface area contributed by atoms with Gasteiger partial charge in [-0.1, -0.05) is 0 Å². The van der Waals surface area contributed by atoms with Gasteiger partial charge in [0.25, 0.3) is 10.0 Å². The zero-order valence-electron chi connectivity index (χ0n) is 16.1. The average molecular weight is 494 g/mol. The molecule has 0 aromatic heterocycles. The van der Waals surface area contributed by atoms with Crippen LogP contribution in [0.2, 0.25) is 0 Å². The number of halogens is 6. The average Bonchev–Trinajstić information content (AvgIpc) is 2.63. The molecule has 0 bridgehead atoms. The molecule has 1 aliphatic heterocycles. The largest absolute Gasteiger partial charge is 0.468 e. The number of methoxy groups -OCH3 is 1. The van der Waals surface area contributed by atoms with E-state index in [9.17, 15) is 48.0 Å². The molecule has 30 heavy (non-hydrogen) atoms. The normalized spacial score (nSPS) is 23.4. The van der Waals surface area contributed by atoms with Gasteiger partial charge in [0.1, 0.15) is 0 Å². The van der Waals surface area contributed by atoms with E-state index in [1.165, 1.54) is 18.7 Å². The van der Waals surface area contributed by atoms with Gasteiger partial charge < -0.3 is 4.74 Å². The maximum atomic E-state index is 14.3. The second kappa shape index (κ2) is 8.40. The van der Waals surface area contributed by atoms with Crippen LogP contribution >= 0.6 is 0 Å². The first-order valence-electron chi connectivity index (χ1n) is 8.07. The number of alkyl halides is 6. The number of hydrogen-bond donors (Lipinski definition) is 0. The summed E-state index contributed by atoms with van der Waals surface area (Å²) in [5.41, 5.74) is 0. The van der Waals surface area contributed by atoms with E-state index in [1.807, 2.05) is 0 Å². The maximum absolute atomic E-state index is 14.3. The van der Waals surface area contributed by atoms with E-state index >= 15 is 0 Å². The number of rotatable bonds is 8. The molecular formula is C13H20F6N2O7S2. The van der Waals surface area contributed by atoms with Crippen molar-refractivity contribution in [3.63, 3.8) is 0 Å². The number of esters is 1. The van der Waals surface area contributed by atoms with Gasteiger partial charge in [-0.25, -0.2) is 8.42 Å². The molecule has 0 spiro atoms. The number of ether oxygens (including phenoxy) is 1. The van der Waals surface area contributed by atoms with E-state index in [2.05, 4.69) is 8.92 Å². The predicted molar refractivity (Wildman–Crippen MR) is 88.9 cm³/mol. The Bertz CT molecular complexity index is 853. The van der Waals surface area contributed by atoms with Gasteiger partial charge in [-0.05, 0) is 13.8 Å². The molecular weight excluding hydrogens is 474 g/mol. The first-order valence-corrected chi connectivity index (χ1v) is 10.9. The van der Waals surface area contributed by atoms with Gasteiger partial charge >= 0.3 is 32.5 Å². The lowest BCUT2D eigenvalue weighted by Gasteiger charge is -2.44. The number of nitrogens with zero attached hydrogens (tertiary/aromatic N) is 2. The Kier molecular flexibility index (Phi) is 7.52. The van der Waals surface area contributed by atoms with Crippen LogP contribution in [0.1, 0.15) is 13.8 Å². The fourth-order valence-electron chi connectivity index (χ4n) is 2.78. The minimum absolute atomic E-state index is 0.0237. The highest BCUT2D eigenvalue weighted by Gasteiger charge is 2.83. The van der Waals surface area contributed by atoms with Gasteiger partial charge in [0.2, 0.25) is 0 Å². The molecule has 17 heteroatoms. The Morgan fingerprint density at radius 1 is 0.933 bits per heavy atom. The Morgan fingerprint density at radius 2 is 1.37 bits per heavy atom. The van der Waals surface area contributed by atoms with Crippen molar-refractivity contribution in [1.29, 1.82) is 0 Å². The summed E-state index contributed by atoms with van der Waals surface area (Å²) in [7, 11) is -12.0. The number of carbonyl (C=O) groups is 1. The van der Waals surface area contributed by atoms with Crippen LogP contribution in [-0.4, -0.2) is 94.4 Å². The lowest BCUT2D eigenvalue weighted by Crippen LogP contribution is -2.66. The number of sulfonamides is 1. The van der Waals surface area contributed by atoms with E-state index in [4.69, 9.17) is 0 Å². The quantitative estimate of drug-likeness (QED) is 0.275. The van der Waals surface area contributed by atoms with Crippen LogP contribution in [0.3, 0.4) is 0 Å². The van der Waals surface area contributed by atoms with Crippen molar-refractivity contribution >= 4 is 26.1 Å². The van der Waals surface area contributed by atoms with Crippen molar-refractivity contribution in [2.75, 3.05) is 33.9 Å². The molecule has 0 amide bonds. The molecule has 0 aliphatic carbocycles. The first-order chi connectivity index (χ1) is 13.3. The SMILES string of the molecule is COC(=O)CN1C(C)CN(S(=O)(=O)C(F)(F)C(F)(F)C(F)(F)S(=O)(=O)OC)CC1C. The van der Waals surface area contributed by atoms with Crippen LogP contribution in [-0.2, 0) is 33.9 Å². The molecule has 0 N–H and O–H groups in total. The number of hydrogen-bond acceptors (Lipinski definition) is 8. The third kappa shape index (κ3) is 4.13. The summed E-state index contributed by atoms with van der Waals surface area (Å²) in [6, 6.07) is -1.95. The molecule has 0 aromatic carbocycles. The van der Waals surface area contributed by atoms with Gasteiger partial charge in [-0.15, -0.1) is 0 Å². The summed E-state index contributed by atoms with van der Waals surface area (Å²) < 4.78 is 138. The van der Waals surface area contributed by atoms with Crippen molar-refractivity contribution in [3.8, 4) is 0 Å². The summed E-state index contributed by atoms with van der Waals surface area (Å²) in [5, 5.41) is -13.1. The molecule has 2 atom stereocenters. The highest BCUT2D eigenvalue weighted by Crippen LogP contribution is 2.52. The highest BCUT2D eigenvalue weighted by molar-refractivity contribution is 7.90. The molecule has 1 saturated heterocycles. The zero-order chi connectivity index (χ0) is 23.9. The molecule has 178 valence electrons. The van der Waals surface area contributed by atoms with Gasteiger partial charge in [0.15, 0.2) is 0 Å². The molecule has 0 saturated carbocycles. The Labute approximate surface area is 169 Å². The molecule has 1 rings (SSSR count). The van der Waals surface area contributed by atoms with Crippen LogP contribution in [0.4, 0.5) is 26.3 Å². The van der Waals surface area contributed by atoms with Gasteiger partial charge in [0, 0.05) is 25.2 Å². The van der Waals surface area contributed by atoms with Crippen molar-refractivity contribution in [2.45, 2.75) is 42.4 Å². The summed E-state index contributed by atoms with van der Waals surface area (Å²) in [5.74, 6) is -7.62. The van der Waals surface area contributed by atoms with E-state index in [0.29, 0.717) is 0 Å². The molecule has 2 unspecified atom stereocenters. The first kappa shape index (κ1) is 26.9. The van der Waals surface area contributed by atoms with Crippen molar-refractivity contribution in [2.24, 2.45) is 0 Å². The van der Waals surface area contributed by atoms with Crippen LogP contribution in [0.15, 0.2) is 0 Å². The molecule has 0 aromatic rings. The van der Waals surface area contributed by atoms with E-state index in [1.54, 1.807) is 0 Å². The van der Waals surface area contributed by atoms with Gasteiger partial charge in [-0.3, -0.25) is 13.9 Å². The number of piperazine rings is 1. The van der Waals surface area contributed by atoms with Gasteiger partial charge in [0.05, 0.1) is 20.8 Å². The summed E-state index contributed by atoms with van der Waals surface area (Å²) >= 11 is 0. The minimum atomic E-state index is -6.87. The van der Waals surface area contributed by atoms with Gasteiger partial charge in [-0.2, -0.15) is 39.1 Å². The second-order valence-electron chi connectivity index (χ2n) is 6.50. The standard InChI is InChI=1S/C13H20F6N2O7S2/c1-8-5-20(6-9(2)21(8)7-10(22)27-3)29(23,24)12(16,17)11(14,15)13(18,19)30(25,26)28-4/h8-9H,5-7H2,1-4H3.